The summed E-state index contributed by atoms with van der Waals surface area (Å²) in [7, 11) is 0. The zero-order valence-corrected chi connectivity index (χ0v) is 9.32. The third-order valence-electron chi connectivity index (χ3n) is 1.22. The quantitative estimate of drug-likeness (QED) is 0.657. The van der Waals surface area contributed by atoms with Crippen LogP contribution in [-0.2, 0) is 20.1 Å². The van der Waals surface area contributed by atoms with Crippen LogP contribution in [-0.4, -0.2) is 5.71 Å². The van der Waals surface area contributed by atoms with Crippen LogP contribution < -0.4 is 0 Å². The van der Waals surface area contributed by atoms with Crippen LogP contribution in [0.5, 0.6) is 0 Å². The maximum Gasteiger partial charge on any atom is 0.000991 e. The first-order chi connectivity index (χ1) is 4.43. The average Bonchev–Trinajstić information content (AvgIpc) is 1.91. The first-order valence-corrected chi connectivity index (χ1v) is 3.15. The molecule has 1 rings (SSSR count). The van der Waals surface area contributed by atoms with E-state index in [0.29, 0.717) is 0 Å². The molecule has 0 aromatic rings. The smallest absolute Gasteiger partial charge is 0.000991 e. The second-order valence-electron chi connectivity index (χ2n) is 1.98. The van der Waals surface area contributed by atoms with Crippen molar-refractivity contribution in [2.45, 2.75) is 19.8 Å². The van der Waals surface area contributed by atoms with Crippen LogP contribution in [0.4, 0.5) is 0 Å². The van der Waals surface area contributed by atoms with E-state index in [9.17, 15) is 0 Å². The normalized spacial score (nSPS) is 15.2. The molecule has 0 saturated heterocycles. The number of aliphatic imine (C=N–C) groups is 1. The van der Waals surface area contributed by atoms with Crippen LogP contribution >= 0.6 is 0 Å². The summed E-state index contributed by atoms with van der Waals surface area (Å²) in [5.74, 6) is 0. The van der Waals surface area contributed by atoms with Gasteiger partial charge < -0.3 is 12.4 Å². The van der Waals surface area contributed by atoms with Crippen LogP contribution in [0.2, 0.25) is 0 Å². The molecule has 65 valence electrons. The minimum atomic E-state index is 0. The van der Waals surface area contributed by atoms with Crippen molar-refractivity contribution in [3.8, 4) is 0 Å². The van der Waals surface area contributed by atoms with Crippen molar-refractivity contribution in [1.29, 1.82) is 0 Å². The van der Waals surface area contributed by atoms with Gasteiger partial charge in [-0.1, -0.05) is 12.5 Å². The fraction of sp³-hybridized carbons (Fsp3) is 0.333. The maximum absolute atomic E-state index is 4.14. The van der Waals surface area contributed by atoms with E-state index < -0.39 is 0 Å². The predicted molar refractivity (Wildman–Crippen MR) is 45.7 cm³/mol. The number of hydrogen-bond acceptors (Lipinski definition) is 1. The summed E-state index contributed by atoms with van der Waals surface area (Å²) in [4.78, 5) is 4.14. The Balaban J connectivity index is 0. The van der Waals surface area contributed by atoms with E-state index in [-0.39, 0.29) is 27.5 Å². The van der Waals surface area contributed by atoms with Crippen molar-refractivity contribution in [2.24, 2.45) is 4.99 Å². The molecule has 0 N–H and O–H groups in total. The minimum absolute atomic E-state index is 0. The monoisotopic (exact) mass is 328 g/mol. The Kier molecular flexibility index (Phi) is 9.62. The molecule has 1 radical (unpaired) electrons. The van der Waals surface area contributed by atoms with Gasteiger partial charge >= 0.3 is 0 Å². The molecule has 1 heterocycles. The summed E-state index contributed by atoms with van der Waals surface area (Å²) in [6, 6.07) is 0. The zero-order valence-electron chi connectivity index (χ0n) is 6.93. The second-order valence-corrected chi connectivity index (χ2v) is 1.98. The summed E-state index contributed by atoms with van der Waals surface area (Å²) in [5, 5.41) is 0. The first kappa shape index (κ1) is 13.4. The molecule has 0 fully saturated rings. The topological polar surface area (TPSA) is 12.4 Å². The largest absolute Gasteiger partial charge is 0.358 e. The van der Waals surface area contributed by atoms with Gasteiger partial charge in [0.2, 0.25) is 0 Å². The molecule has 0 amide bonds. The van der Waals surface area contributed by atoms with Gasteiger partial charge in [0.15, 0.2) is 0 Å². The number of nitrogens with zero attached hydrogens (tertiary/aromatic N) is 1. The van der Waals surface area contributed by atoms with Crippen LogP contribution in [0.1, 0.15) is 19.8 Å². The van der Waals surface area contributed by atoms with Gasteiger partial charge in [-0.05, 0) is 6.42 Å². The standard InChI is InChI=1S/C8H10N.CH3.Ir/c1-2-5-8-6-3-4-7-9-8;;/h4-5,7H,3,6H2,1H3;1H3;/q2*-1;. The molecule has 2 heteroatoms. The van der Waals surface area contributed by atoms with Gasteiger partial charge in [0, 0.05) is 26.3 Å². The maximum atomic E-state index is 4.14. The Hall–Kier alpha value is -0.201. The van der Waals surface area contributed by atoms with Gasteiger partial charge in [-0.25, -0.2) is 6.08 Å². The molecule has 0 unspecified atom stereocenters. The van der Waals surface area contributed by atoms with E-state index in [1.165, 1.54) is 0 Å². The fourth-order valence-electron chi connectivity index (χ4n) is 0.795. The van der Waals surface area contributed by atoms with E-state index in [2.05, 4.69) is 17.1 Å². The number of allylic oxidation sites excluding steroid dienone is 3. The molecule has 1 aliphatic rings. The summed E-state index contributed by atoms with van der Waals surface area (Å²) in [6.45, 7) is 1.89. The van der Waals surface area contributed by atoms with Crippen molar-refractivity contribution >= 4 is 5.71 Å². The summed E-state index contributed by atoms with van der Waals surface area (Å²) >= 11 is 0. The summed E-state index contributed by atoms with van der Waals surface area (Å²) in [5.41, 5.74) is 1.14. The molecule has 0 aromatic carbocycles. The van der Waals surface area contributed by atoms with Crippen molar-refractivity contribution in [3.63, 3.8) is 0 Å². The van der Waals surface area contributed by atoms with Gasteiger partial charge in [0.1, 0.15) is 0 Å². The van der Waals surface area contributed by atoms with E-state index in [1.807, 2.05) is 19.2 Å². The van der Waals surface area contributed by atoms with Gasteiger partial charge in [-0.3, -0.25) is 6.08 Å². The number of rotatable bonds is 1. The Morgan fingerprint density at radius 2 is 2.36 bits per heavy atom. The summed E-state index contributed by atoms with van der Waals surface area (Å²) in [6.07, 6.45) is 11.0. The number of hydrogen-bond donors (Lipinski definition) is 0. The van der Waals surface area contributed by atoms with Crippen LogP contribution in [0.25, 0.3) is 0 Å². The van der Waals surface area contributed by atoms with E-state index >= 15 is 0 Å². The first-order valence-electron chi connectivity index (χ1n) is 3.15. The fourth-order valence-corrected chi connectivity index (χ4v) is 0.795. The zero-order chi connectivity index (χ0) is 6.53. The van der Waals surface area contributed by atoms with Crippen LogP contribution in [0.3, 0.4) is 0 Å². The molecule has 0 spiro atoms. The molecular formula is C9H13IrN-2. The third kappa shape index (κ3) is 5.11. The summed E-state index contributed by atoms with van der Waals surface area (Å²) < 4.78 is 0. The van der Waals surface area contributed by atoms with E-state index in [1.54, 1.807) is 0 Å². The second kappa shape index (κ2) is 7.90. The minimum Gasteiger partial charge on any atom is -0.358 e. The van der Waals surface area contributed by atoms with Crippen molar-refractivity contribution < 1.29 is 20.1 Å². The molecular weight excluding hydrogens is 314 g/mol. The molecule has 0 aromatic heterocycles. The van der Waals surface area contributed by atoms with Crippen molar-refractivity contribution in [3.05, 3.63) is 31.9 Å². The van der Waals surface area contributed by atoms with Gasteiger partial charge in [0.25, 0.3) is 0 Å². The van der Waals surface area contributed by atoms with Gasteiger partial charge in [-0.2, -0.15) is 0 Å². The Morgan fingerprint density at radius 1 is 1.64 bits per heavy atom. The van der Waals surface area contributed by atoms with E-state index in [4.69, 9.17) is 0 Å². The van der Waals surface area contributed by atoms with Crippen molar-refractivity contribution in [2.75, 3.05) is 0 Å². The average molecular weight is 327 g/mol. The Labute approximate surface area is 82.7 Å². The van der Waals surface area contributed by atoms with Gasteiger partial charge in [0.05, 0.1) is 0 Å². The Bertz CT molecular complexity index is 168. The van der Waals surface area contributed by atoms with Crippen LogP contribution in [0, 0.1) is 13.5 Å². The molecule has 11 heavy (non-hydrogen) atoms. The molecule has 1 aliphatic heterocycles. The molecule has 0 atom stereocenters. The molecule has 0 saturated carbocycles. The van der Waals surface area contributed by atoms with Crippen molar-refractivity contribution in [1.82, 2.24) is 0 Å². The van der Waals surface area contributed by atoms with Crippen LogP contribution in [0.15, 0.2) is 23.3 Å². The Morgan fingerprint density at radius 3 is 2.82 bits per heavy atom. The molecule has 0 bridgehead atoms. The third-order valence-corrected chi connectivity index (χ3v) is 1.22. The van der Waals surface area contributed by atoms with Gasteiger partial charge in [-0.15, -0.1) is 12.6 Å². The SMILES string of the molecule is C[C-]=CC1=NC=CCC1.[CH3-].[Ir]. The molecule has 1 nitrogen and oxygen atoms in total. The predicted octanol–water partition coefficient (Wildman–Crippen LogP) is 2.56. The van der Waals surface area contributed by atoms with E-state index in [0.717, 1.165) is 18.6 Å². The molecule has 0 aliphatic carbocycles.